The fourth-order valence-corrected chi connectivity index (χ4v) is 4.73. The highest BCUT2D eigenvalue weighted by molar-refractivity contribution is 9.10. The Hall–Kier alpha value is -2.94. The molecule has 2 fully saturated rings. The first-order valence-electron chi connectivity index (χ1n) is 11.6. The quantitative estimate of drug-likeness (QED) is 0.235. The second kappa shape index (κ2) is 11.2. The molecule has 2 aromatic carbocycles. The Labute approximate surface area is 213 Å². The Morgan fingerprint density at radius 1 is 1.17 bits per heavy atom. The molecule has 1 unspecified atom stereocenters. The first-order chi connectivity index (χ1) is 16.9. The molecule has 0 bridgehead atoms. The lowest BCUT2D eigenvalue weighted by Gasteiger charge is -2.31. The van der Waals surface area contributed by atoms with Crippen molar-refractivity contribution in [1.82, 2.24) is 9.80 Å². The van der Waals surface area contributed by atoms with Crippen LogP contribution in [-0.2, 0) is 14.3 Å². The van der Waals surface area contributed by atoms with Crippen LogP contribution in [0.2, 0.25) is 0 Å². The van der Waals surface area contributed by atoms with E-state index in [1.807, 2.05) is 31.2 Å². The first kappa shape index (κ1) is 25.2. The summed E-state index contributed by atoms with van der Waals surface area (Å²) in [5, 5.41) is 11.4. The van der Waals surface area contributed by atoms with E-state index in [4.69, 9.17) is 9.47 Å². The Morgan fingerprint density at radius 2 is 1.89 bits per heavy atom. The van der Waals surface area contributed by atoms with Crippen molar-refractivity contribution in [3.63, 3.8) is 0 Å². The number of carbonyl (C=O) groups is 2. The number of nitrogens with zero attached hydrogens (tertiary/aromatic N) is 2. The Morgan fingerprint density at radius 3 is 2.54 bits per heavy atom. The number of Topliss-reactive ketones (excluding diaryl/α,β-unsaturated/α-hetero) is 1. The van der Waals surface area contributed by atoms with Gasteiger partial charge in [-0.2, -0.15) is 0 Å². The maximum absolute atomic E-state index is 13.3. The van der Waals surface area contributed by atoms with E-state index < -0.39 is 17.7 Å². The fraction of sp³-hybridized carbons (Fsp3) is 0.333. The van der Waals surface area contributed by atoms with Crippen LogP contribution in [0.25, 0.3) is 5.76 Å². The number of likely N-dealkylation sites (tertiary alicyclic amines) is 1. The van der Waals surface area contributed by atoms with E-state index in [1.54, 1.807) is 29.2 Å². The molecule has 2 saturated heterocycles. The van der Waals surface area contributed by atoms with Crippen molar-refractivity contribution in [2.75, 3.05) is 46.0 Å². The number of morpholine rings is 1. The summed E-state index contributed by atoms with van der Waals surface area (Å²) in [4.78, 5) is 30.2. The molecule has 4 rings (SSSR count). The minimum absolute atomic E-state index is 0.0992. The number of carbonyl (C=O) groups excluding carboxylic acids is 2. The second-order valence-electron chi connectivity index (χ2n) is 8.57. The van der Waals surface area contributed by atoms with Crippen molar-refractivity contribution in [2.45, 2.75) is 13.0 Å². The largest absolute Gasteiger partial charge is 0.507 e. The van der Waals surface area contributed by atoms with E-state index in [-0.39, 0.29) is 11.3 Å². The number of ketones is 1. The van der Waals surface area contributed by atoms with Gasteiger partial charge in [0.25, 0.3) is 11.7 Å². The lowest BCUT2D eigenvalue weighted by Crippen LogP contribution is -2.42. The first-order valence-corrected chi connectivity index (χ1v) is 12.4. The third-order valence-corrected chi connectivity index (χ3v) is 6.84. The molecule has 2 aliphatic heterocycles. The number of hydrogen-bond acceptors (Lipinski definition) is 6. The van der Waals surface area contributed by atoms with Gasteiger partial charge < -0.3 is 19.5 Å². The average Bonchev–Trinajstić information content (AvgIpc) is 3.12. The van der Waals surface area contributed by atoms with Crippen LogP contribution < -0.4 is 4.74 Å². The lowest BCUT2D eigenvalue weighted by molar-refractivity contribution is -0.140. The van der Waals surface area contributed by atoms with E-state index in [0.29, 0.717) is 44.2 Å². The van der Waals surface area contributed by atoms with E-state index in [2.05, 4.69) is 27.4 Å². The minimum atomic E-state index is -0.680. The second-order valence-corrected chi connectivity index (χ2v) is 9.49. The predicted octanol–water partition coefficient (Wildman–Crippen LogP) is 4.08. The molecule has 184 valence electrons. The SMILES string of the molecule is C=CCOc1ccc(/C(O)=C2/C(=O)C(=O)N(CCN3CCOCC3)C2c2ccc(Br)cc2)c(C)c1. The van der Waals surface area contributed by atoms with Crippen LogP contribution in [0.1, 0.15) is 22.7 Å². The summed E-state index contributed by atoms with van der Waals surface area (Å²) in [7, 11) is 0. The number of amides is 1. The normalized spacial score (nSPS) is 20.3. The molecule has 2 heterocycles. The lowest BCUT2D eigenvalue weighted by atomic mass is 9.94. The van der Waals surface area contributed by atoms with E-state index in [9.17, 15) is 14.7 Å². The smallest absolute Gasteiger partial charge is 0.295 e. The van der Waals surface area contributed by atoms with Crippen LogP contribution >= 0.6 is 15.9 Å². The zero-order chi connectivity index (χ0) is 24.9. The van der Waals surface area contributed by atoms with Crippen molar-refractivity contribution in [2.24, 2.45) is 0 Å². The van der Waals surface area contributed by atoms with Gasteiger partial charge in [0, 0.05) is 36.2 Å². The van der Waals surface area contributed by atoms with Gasteiger partial charge >= 0.3 is 0 Å². The number of aryl methyl sites for hydroxylation is 1. The summed E-state index contributed by atoms with van der Waals surface area (Å²) in [5.41, 5.74) is 2.09. The summed E-state index contributed by atoms with van der Waals surface area (Å²) < 4.78 is 11.9. The van der Waals surface area contributed by atoms with Gasteiger partial charge in [-0.05, 0) is 48.4 Å². The topological polar surface area (TPSA) is 79.3 Å². The molecule has 35 heavy (non-hydrogen) atoms. The number of halogens is 1. The number of aliphatic hydroxyl groups excluding tert-OH is 1. The van der Waals surface area contributed by atoms with Gasteiger partial charge in [0.05, 0.1) is 24.8 Å². The van der Waals surface area contributed by atoms with Gasteiger partial charge in [-0.3, -0.25) is 14.5 Å². The molecule has 0 radical (unpaired) electrons. The van der Waals surface area contributed by atoms with Crippen LogP contribution in [0.5, 0.6) is 5.75 Å². The van der Waals surface area contributed by atoms with Crippen molar-refractivity contribution in [3.05, 3.63) is 81.9 Å². The van der Waals surface area contributed by atoms with Gasteiger partial charge in [-0.25, -0.2) is 0 Å². The molecule has 1 N–H and O–H groups in total. The van der Waals surface area contributed by atoms with E-state index in [0.717, 1.165) is 28.7 Å². The molecule has 0 spiro atoms. The summed E-state index contributed by atoms with van der Waals surface area (Å²) in [6.45, 7) is 9.71. The molecule has 2 aliphatic rings. The summed E-state index contributed by atoms with van der Waals surface area (Å²) in [5.74, 6) is -0.826. The van der Waals surface area contributed by atoms with Gasteiger partial charge in [0.2, 0.25) is 0 Å². The van der Waals surface area contributed by atoms with Crippen molar-refractivity contribution >= 4 is 33.4 Å². The van der Waals surface area contributed by atoms with Crippen LogP contribution in [0.15, 0.2) is 65.2 Å². The van der Waals surface area contributed by atoms with Crippen LogP contribution in [0.3, 0.4) is 0 Å². The molecule has 8 heteroatoms. The Balaban J connectivity index is 1.72. The zero-order valence-electron chi connectivity index (χ0n) is 19.7. The van der Waals surface area contributed by atoms with Crippen molar-refractivity contribution in [1.29, 1.82) is 0 Å². The van der Waals surface area contributed by atoms with Crippen molar-refractivity contribution in [3.8, 4) is 5.75 Å². The monoisotopic (exact) mass is 540 g/mol. The number of ether oxygens (including phenoxy) is 2. The highest BCUT2D eigenvalue weighted by Gasteiger charge is 2.46. The molecule has 1 atom stereocenters. The van der Waals surface area contributed by atoms with E-state index >= 15 is 0 Å². The molecule has 2 aromatic rings. The molecular formula is C27H29BrN2O5. The maximum atomic E-state index is 13.3. The summed E-state index contributed by atoms with van der Waals surface area (Å²) in [6, 6.07) is 12.0. The summed E-state index contributed by atoms with van der Waals surface area (Å²) >= 11 is 3.45. The minimum Gasteiger partial charge on any atom is -0.507 e. The summed E-state index contributed by atoms with van der Waals surface area (Å²) in [6.07, 6.45) is 1.65. The van der Waals surface area contributed by atoms with Gasteiger partial charge in [0.15, 0.2) is 0 Å². The molecule has 0 aliphatic carbocycles. The highest BCUT2D eigenvalue weighted by atomic mass is 79.9. The van der Waals surface area contributed by atoms with Crippen molar-refractivity contribution < 1.29 is 24.2 Å². The molecule has 0 saturated carbocycles. The predicted molar refractivity (Wildman–Crippen MR) is 137 cm³/mol. The Bertz CT molecular complexity index is 1140. The maximum Gasteiger partial charge on any atom is 0.295 e. The standard InChI is InChI=1S/C27H29BrN2O5/c1-3-14-35-21-8-9-22(18(2)17-21)25(31)23-24(19-4-6-20(28)7-5-19)30(27(33)26(23)32)11-10-29-12-15-34-16-13-29/h3-9,17,24,31H,1,10-16H2,2H3/b25-23-. The molecular weight excluding hydrogens is 512 g/mol. The molecule has 1 amide bonds. The Kier molecular flexibility index (Phi) is 8.05. The number of rotatable bonds is 8. The van der Waals surface area contributed by atoms with Gasteiger partial charge in [-0.1, -0.05) is 40.7 Å². The number of benzene rings is 2. The number of hydrogen-bond donors (Lipinski definition) is 1. The third kappa shape index (κ3) is 5.50. The highest BCUT2D eigenvalue weighted by Crippen LogP contribution is 2.40. The molecule has 7 nitrogen and oxygen atoms in total. The van der Waals surface area contributed by atoms with Crippen LogP contribution in [0, 0.1) is 6.92 Å². The fourth-order valence-electron chi connectivity index (χ4n) is 4.47. The van der Waals surface area contributed by atoms with Gasteiger partial charge in [0.1, 0.15) is 18.1 Å². The van der Waals surface area contributed by atoms with Gasteiger partial charge in [-0.15, -0.1) is 0 Å². The average molecular weight is 541 g/mol. The van der Waals surface area contributed by atoms with E-state index in [1.165, 1.54) is 0 Å². The number of aliphatic hydroxyl groups is 1. The third-order valence-electron chi connectivity index (χ3n) is 6.31. The van der Waals surface area contributed by atoms with Crippen LogP contribution in [-0.4, -0.2) is 72.6 Å². The zero-order valence-corrected chi connectivity index (χ0v) is 21.3. The molecule has 0 aromatic heterocycles. The van der Waals surface area contributed by atoms with Crippen LogP contribution in [0.4, 0.5) is 0 Å².